The first-order chi connectivity index (χ1) is 12.0. The monoisotopic (exact) mass is 336 g/mol. The summed E-state index contributed by atoms with van der Waals surface area (Å²) in [6.45, 7) is 5.23. The molecule has 0 atom stereocenters. The van der Waals surface area contributed by atoms with E-state index in [0.29, 0.717) is 6.04 Å². The Hall–Kier alpha value is -2.13. The average Bonchev–Trinajstić information content (AvgIpc) is 2.89. The molecule has 1 aliphatic carbocycles. The second-order valence-electron chi connectivity index (χ2n) is 7.41. The zero-order valence-corrected chi connectivity index (χ0v) is 15.7. The maximum Gasteiger partial charge on any atom is 0.237 e. The third-order valence-electron chi connectivity index (χ3n) is 5.12. The summed E-state index contributed by atoms with van der Waals surface area (Å²) in [5.41, 5.74) is 4.13. The minimum atomic E-state index is -0.574. The molecule has 1 amide bonds. The molecule has 0 unspecified atom stereocenters. The molecule has 1 aliphatic rings. The average molecular weight is 336 g/mol. The summed E-state index contributed by atoms with van der Waals surface area (Å²) in [5, 5.41) is 3.48. The Morgan fingerprint density at radius 3 is 2.00 bits per heavy atom. The molecule has 2 aromatic rings. The quantitative estimate of drug-likeness (QED) is 0.813. The van der Waals surface area contributed by atoms with Crippen molar-refractivity contribution in [3.8, 4) is 11.1 Å². The number of amides is 1. The molecule has 0 spiro atoms. The number of fused-ring (bicyclic) bond motifs is 3. The maximum absolute atomic E-state index is 13.4. The number of nitrogens with one attached hydrogen (secondary N) is 1. The lowest BCUT2D eigenvalue weighted by Gasteiger charge is -2.33. The predicted octanol–water partition coefficient (Wildman–Crippen LogP) is 3.82. The summed E-state index contributed by atoms with van der Waals surface area (Å²) in [6, 6.07) is 17.2. The first-order valence-corrected chi connectivity index (χ1v) is 9.13. The summed E-state index contributed by atoms with van der Waals surface area (Å²) in [5.74, 6) is 0.175. The van der Waals surface area contributed by atoms with E-state index in [-0.39, 0.29) is 5.91 Å². The minimum absolute atomic E-state index is 0.175. The highest BCUT2D eigenvalue weighted by molar-refractivity contribution is 6.00. The summed E-state index contributed by atoms with van der Waals surface area (Å²) in [4.78, 5) is 15.2. The third kappa shape index (κ3) is 2.98. The van der Waals surface area contributed by atoms with E-state index in [1.165, 1.54) is 11.1 Å². The third-order valence-corrected chi connectivity index (χ3v) is 5.12. The van der Waals surface area contributed by atoms with E-state index in [1.54, 1.807) is 4.90 Å². The molecule has 1 N–H and O–H groups in total. The molecule has 0 radical (unpaired) electrons. The van der Waals surface area contributed by atoms with Gasteiger partial charge in [0.15, 0.2) is 0 Å². The Balaban J connectivity index is 2.09. The topological polar surface area (TPSA) is 32.3 Å². The fraction of sp³-hybridized carbons (Fsp3) is 0.409. The van der Waals surface area contributed by atoms with Crippen LogP contribution in [-0.2, 0) is 10.2 Å². The lowest BCUT2D eigenvalue weighted by molar-refractivity contribution is -0.133. The molecule has 3 rings (SSSR count). The van der Waals surface area contributed by atoms with Gasteiger partial charge in [0.1, 0.15) is 5.41 Å². The number of benzene rings is 2. The van der Waals surface area contributed by atoms with Crippen molar-refractivity contribution in [2.24, 2.45) is 0 Å². The van der Waals surface area contributed by atoms with E-state index in [4.69, 9.17) is 0 Å². The molecule has 2 aromatic carbocycles. The van der Waals surface area contributed by atoms with Gasteiger partial charge in [-0.05, 0) is 41.6 Å². The molecular formula is C22H28N2O. The van der Waals surface area contributed by atoms with Gasteiger partial charge in [0, 0.05) is 20.1 Å². The van der Waals surface area contributed by atoms with Crippen LogP contribution in [0.4, 0.5) is 0 Å². The zero-order chi connectivity index (χ0) is 18.0. The Morgan fingerprint density at radius 2 is 1.52 bits per heavy atom. The van der Waals surface area contributed by atoms with Crippen molar-refractivity contribution in [2.75, 3.05) is 20.6 Å². The van der Waals surface area contributed by atoms with Crippen molar-refractivity contribution >= 4 is 5.91 Å². The lowest BCUT2D eigenvalue weighted by atomic mass is 9.73. The van der Waals surface area contributed by atoms with E-state index < -0.39 is 5.41 Å². The van der Waals surface area contributed by atoms with Gasteiger partial charge in [-0.1, -0.05) is 62.4 Å². The minimum Gasteiger partial charge on any atom is -0.348 e. The van der Waals surface area contributed by atoms with Crippen LogP contribution in [0.3, 0.4) is 0 Å². The van der Waals surface area contributed by atoms with E-state index in [2.05, 4.69) is 67.7 Å². The largest absolute Gasteiger partial charge is 0.348 e. The highest BCUT2D eigenvalue weighted by Gasteiger charge is 2.49. The summed E-state index contributed by atoms with van der Waals surface area (Å²) >= 11 is 0. The second-order valence-corrected chi connectivity index (χ2v) is 7.41. The van der Waals surface area contributed by atoms with Crippen LogP contribution in [0.1, 0.15) is 37.8 Å². The molecule has 3 nitrogen and oxygen atoms in total. The molecule has 3 heteroatoms. The van der Waals surface area contributed by atoms with Crippen molar-refractivity contribution in [3.63, 3.8) is 0 Å². The summed E-state index contributed by atoms with van der Waals surface area (Å²) in [7, 11) is 3.72. The number of hydrogen-bond donors (Lipinski definition) is 1. The van der Waals surface area contributed by atoms with Gasteiger partial charge < -0.3 is 10.2 Å². The van der Waals surface area contributed by atoms with Crippen molar-refractivity contribution in [1.29, 1.82) is 0 Å². The van der Waals surface area contributed by atoms with Crippen LogP contribution in [0.2, 0.25) is 0 Å². The van der Waals surface area contributed by atoms with Gasteiger partial charge in [-0.3, -0.25) is 4.79 Å². The Bertz CT molecular complexity index is 719. The van der Waals surface area contributed by atoms with Gasteiger partial charge in [0.05, 0.1) is 0 Å². The van der Waals surface area contributed by atoms with Gasteiger partial charge >= 0.3 is 0 Å². The number of hydrogen-bond acceptors (Lipinski definition) is 2. The number of rotatable bonds is 6. The SMILES string of the molecule is CC(C)NCCCC1(C(=O)N(C)C)c2ccccc2-c2ccccc21. The van der Waals surface area contributed by atoms with Crippen molar-refractivity contribution < 1.29 is 4.79 Å². The number of nitrogens with zero attached hydrogens (tertiary/aromatic N) is 1. The second kappa shape index (κ2) is 7.01. The molecule has 0 fully saturated rings. The van der Waals surface area contributed by atoms with E-state index in [1.807, 2.05) is 14.1 Å². The van der Waals surface area contributed by atoms with Crippen LogP contribution in [-0.4, -0.2) is 37.5 Å². The van der Waals surface area contributed by atoms with Crippen molar-refractivity contribution in [1.82, 2.24) is 10.2 Å². The fourth-order valence-electron chi connectivity index (χ4n) is 4.06. The highest BCUT2D eigenvalue weighted by atomic mass is 16.2. The fourth-order valence-corrected chi connectivity index (χ4v) is 4.06. The molecular weight excluding hydrogens is 308 g/mol. The number of carbonyl (C=O) groups excluding carboxylic acids is 1. The van der Waals surface area contributed by atoms with E-state index in [9.17, 15) is 4.79 Å². The first kappa shape index (κ1) is 17.7. The van der Waals surface area contributed by atoms with Crippen molar-refractivity contribution in [2.45, 2.75) is 38.1 Å². The number of likely N-dealkylation sites (N-methyl/N-ethyl adjacent to an activating group) is 1. The van der Waals surface area contributed by atoms with Gasteiger partial charge in [-0.2, -0.15) is 0 Å². The molecule has 25 heavy (non-hydrogen) atoms. The molecule has 0 saturated carbocycles. The zero-order valence-electron chi connectivity index (χ0n) is 15.7. The molecule has 0 saturated heterocycles. The van der Waals surface area contributed by atoms with Crippen molar-refractivity contribution in [3.05, 3.63) is 59.7 Å². The lowest BCUT2D eigenvalue weighted by Crippen LogP contribution is -2.44. The highest BCUT2D eigenvalue weighted by Crippen LogP contribution is 2.51. The summed E-state index contributed by atoms with van der Waals surface area (Å²) < 4.78 is 0. The maximum atomic E-state index is 13.4. The smallest absolute Gasteiger partial charge is 0.237 e. The van der Waals surface area contributed by atoms with Crippen LogP contribution in [0.15, 0.2) is 48.5 Å². The van der Waals surface area contributed by atoms with E-state index >= 15 is 0 Å². The number of carbonyl (C=O) groups is 1. The van der Waals surface area contributed by atoms with Gasteiger partial charge in [-0.15, -0.1) is 0 Å². The van der Waals surface area contributed by atoms with Crippen LogP contribution in [0, 0.1) is 0 Å². The first-order valence-electron chi connectivity index (χ1n) is 9.13. The molecule has 0 bridgehead atoms. The van der Waals surface area contributed by atoms with E-state index in [0.717, 1.165) is 30.5 Å². The van der Waals surface area contributed by atoms with Gasteiger partial charge in [0.2, 0.25) is 5.91 Å². The Kier molecular flexibility index (Phi) is 4.96. The normalized spacial score (nSPS) is 14.3. The molecule has 0 aromatic heterocycles. The summed E-state index contributed by atoms with van der Waals surface area (Å²) in [6.07, 6.45) is 1.78. The van der Waals surface area contributed by atoms with Crippen LogP contribution in [0.25, 0.3) is 11.1 Å². The Labute approximate surface area is 151 Å². The van der Waals surface area contributed by atoms with Crippen LogP contribution >= 0.6 is 0 Å². The van der Waals surface area contributed by atoms with Gasteiger partial charge in [-0.25, -0.2) is 0 Å². The standard InChI is InChI=1S/C22H28N2O/c1-16(2)23-15-9-14-22(21(25)24(3)4)19-12-7-5-10-17(19)18-11-6-8-13-20(18)22/h5-8,10-13,16,23H,9,14-15H2,1-4H3. The Morgan fingerprint density at radius 1 is 1.00 bits per heavy atom. The molecule has 0 aliphatic heterocycles. The molecule has 132 valence electrons. The van der Waals surface area contributed by atoms with Crippen LogP contribution < -0.4 is 5.32 Å². The van der Waals surface area contributed by atoms with Gasteiger partial charge in [0.25, 0.3) is 0 Å². The molecule has 0 heterocycles. The predicted molar refractivity (Wildman–Crippen MR) is 104 cm³/mol. The van der Waals surface area contributed by atoms with Crippen LogP contribution in [0.5, 0.6) is 0 Å².